The van der Waals surface area contributed by atoms with Gasteiger partial charge in [0.25, 0.3) is 0 Å². The highest BCUT2D eigenvalue weighted by atomic mass is 16.1. The van der Waals surface area contributed by atoms with Gasteiger partial charge in [0.15, 0.2) is 5.78 Å². The molecular formula is C23H28O. The second kappa shape index (κ2) is 4.87. The molecule has 0 aromatic carbocycles. The van der Waals surface area contributed by atoms with Crippen LogP contribution < -0.4 is 0 Å². The Morgan fingerprint density at radius 2 is 2.17 bits per heavy atom. The van der Waals surface area contributed by atoms with Crippen molar-refractivity contribution in [3.05, 3.63) is 24.3 Å². The summed E-state index contributed by atoms with van der Waals surface area (Å²) in [5.74, 6) is 9.26. The Labute approximate surface area is 146 Å². The van der Waals surface area contributed by atoms with Crippen molar-refractivity contribution >= 4 is 5.78 Å². The maximum absolute atomic E-state index is 11.9. The molecule has 0 aromatic rings. The van der Waals surface area contributed by atoms with Crippen LogP contribution in [-0.4, -0.2) is 5.78 Å². The molecule has 0 N–H and O–H groups in total. The zero-order valence-corrected chi connectivity index (χ0v) is 14.7. The molecule has 5 rings (SSSR count). The number of ketones is 1. The SMILES string of the molecule is C#C[C@H]1[C@H]2C[C@H]2C2[C@H]3C(CC[C@@]21C)[C@H]1CCC(=O)C=C1C[C@@H]3C=C. The summed E-state index contributed by atoms with van der Waals surface area (Å²) in [7, 11) is 0. The minimum absolute atomic E-state index is 0.346. The highest BCUT2D eigenvalue weighted by Crippen LogP contribution is 2.74. The highest BCUT2D eigenvalue weighted by molar-refractivity contribution is 5.91. The van der Waals surface area contributed by atoms with Gasteiger partial charge in [0.05, 0.1) is 0 Å². The van der Waals surface area contributed by atoms with Gasteiger partial charge in [-0.2, -0.15) is 0 Å². The molecule has 2 unspecified atom stereocenters. The number of carbonyl (C=O) groups is 1. The molecular weight excluding hydrogens is 292 g/mol. The van der Waals surface area contributed by atoms with Crippen LogP contribution in [0.25, 0.3) is 0 Å². The minimum atomic E-state index is 0.346. The van der Waals surface area contributed by atoms with E-state index in [9.17, 15) is 4.79 Å². The summed E-state index contributed by atoms with van der Waals surface area (Å²) < 4.78 is 0. The number of hydrogen-bond acceptors (Lipinski definition) is 1. The summed E-state index contributed by atoms with van der Waals surface area (Å²) in [5, 5.41) is 0. The van der Waals surface area contributed by atoms with Gasteiger partial charge in [-0.1, -0.05) is 18.6 Å². The average molecular weight is 320 g/mol. The van der Waals surface area contributed by atoms with Crippen LogP contribution in [0, 0.1) is 65.1 Å². The van der Waals surface area contributed by atoms with Crippen LogP contribution in [0.3, 0.4) is 0 Å². The van der Waals surface area contributed by atoms with Crippen LogP contribution in [0.15, 0.2) is 24.3 Å². The standard InChI is InChI=1S/C23H28O/c1-4-13-10-14-11-15(24)6-7-16(14)17-8-9-23(3)20(5-2)18-12-19(18)22(23)21(13)17/h2,4,11,13,16-22H,1,6-10,12H2,3H3/t13-,16-,17?,18-,19+,20-,21+,22?,23+/m0/s1. The zero-order valence-electron chi connectivity index (χ0n) is 14.7. The van der Waals surface area contributed by atoms with Crippen LogP contribution in [0.1, 0.15) is 45.4 Å². The lowest BCUT2D eigenvalue weighted by molar-refractivity contribution is -0.116. The number of allylic oxidation sites excluding steroid dienone is 2. The molecule has 0 radical (unpaired) electrons. The fraction of sp³-hybridized carbons (Fsp3) is 0.696. The summed E-state index contributed by atoms with van der Waals surface area (Å²) in [6.45, 7) is 6.69. The molecule has 126 valence electrons. The molecule has 0 bridgehead atoms. The molecule has 0 aromatic heterocycles. The first kappa shape index (κ1) is 15.0. The van der Waals surface area contributed by atoms with E-state index < -0.39 is 0 Å². The molecule has 0 saturated heterocycles. The van der Waals surface area contributed by atoms with Crippen molar-refractivity contribution in [2.45, 2.75) is 45.4 Å². The third kappa shape index (κ3) is 1.75. The van der Waals surface area contributed by atoms with Gasteiger partial charge >= 0.3 is 0 Å². The van der Waals surface area contributed by atoms with E-state index in [1.165, 1.54) is 24.8 Å². The average Bonchev–Trinajstić information content (AvgIpc) is 3.28. The number of terminal acetylenes is 1. The normalized spacial score (nSPS) is 54.5. The van der Waals surface area contributed by atoms with Gasteiger partial charge in [0.1, 0.15) is 0 Å². The lowest BCUT2D eigenvalue weighted by Crippen LogP contribution is -2.50. The van der Waals surface area contributed by atoms with Crippen LogP contribution in [0.4, 0.5) is 0 Å². The van der Waals surface area contributed by atoms with Gasteiger partial charge in [-0.3, -0.25) is 4.79 Å². The van der Waals surface area contributed by atoms with E-state index in [0.717, 1.165) is 48.9 Å². The van der Waals surface area contributed by atoms with Crippen LogP contribution >= 0.6 is 0 Å². The first-order valence-electron chi connectivity index (χ1n) is 9.90. The van der Waals surface area contributed by atoms with Crippen LogP contribution in [0.5, 0.6) is 0 Å². The Kier molecular flexibility index (Phi) is 3.05. The second-order valence-electron chi connectivity index (χ2n) is 9.45. The van der Waals surface area contributed by atoms with Crippen LogP contribution in [0.2, 0.25) is 0 Å². The second-order valence-corrected chi connectivity index (χ2v) is 9.45. The molecule has 0 spiro atoms. The molecule has 9 atom stereocenters. The van der Waals surface area contributed by atoms with E-state index in [4.69, 9.17) is 6.42 Å². The lowest BCUT2D eigenvalue weighted by atomic mass is 9.47. The first-order valence-corrected chi connectivity index (χ1v) is 9.90. The quantitative estimate of drug-likeness (QED) is 0.508. The third-order valence-electron chi connectivity index (χ3n) is 8.67. The molecule has 5 aliphatic rings. The van der Waals surface area contributed by atoms with E-state index in [0.29, 0.717) is 29.0 Å². The summed E-state index contributed by atoms with van der Waals surface area (Å²) in [4.78, 5) is 11.9. The molecule has 4 saturated carbocycles. The Morgan fingerprint density at radius 3 is 2.92 bits per heavy atom. The maximum Gasteiger partial charge on any atom is 0.155 e. The van der Waals surface area contributed by atoms with Gasteiger partial charge in [-0.15, -0.1) is 18.9 Å². The number of rotatable bonds is 1. The molecule has 0 heterocycles. The fourth-order valence-electron chi connectivity index (χ4n) is 7.79. The Bertz CT molecular complexity index is 679. The number of fused-ring (bicyclic) bond motifs is 7. The molecule has 1 heteroatoms. The highest BCUT2D eigenvalue weighted by Gasteiger charge is 2.69. The molecule has 4 fully saturated rings. The molecule has 1 nitrogen and oxygen atoms in total. The zero-order chi connectivity index (χ0) is 16.6. The van der Waals surface area contributed by atoms with Crippen molar-refractivity contribution in [2.24, 2.45) is 52.8 Å². The predicted octanol–water partition coefficient (Wildman–Crippen LogP) is 4.65. The molecule has 24 heavy (non-hydrogen) atoms. The minimum Gasteiger partial charge on any atom is -0.295 e. The van der Waals surface area contributed by atoms with Gasteiger partial charge in [0.2, 0.25) is 0 Å². The van der Waals surface area contributed by atoms with E-state index in [2.05, 4.69) is 25.5 Å². The monoisotopic (exact) mass is 320 g/mol. The van der Waals surface area contributed by atoms with E-state index >= 15 is 0 Å². The van der Waals surface area contributed by atoms with E-state index in [1.54, 1.807) is 0 Å². The Hall–Kier alpha value is -1.29. The summed E-state index contributed by atoms with van der Waals surface area (Å²) in [5.41, 5.74) is 1.80. The van der Waals surface area contributed by atoms with E-state index in [-0.39, 0.29) is 0 Å². The summed E-state index contributed by atoms with van der Waals surface area (Å²) >= 11 is 0. The maximum atomic E-state index is 11.9. The van der Waals surface area contributed by atoms with Gasteiger partial charge in [-0.05, 0) is 85.0 Å². The van der Waals surface area contributed by atoms with Gasteiger partial charge in [-0.25, -0.2) is 0 Å². The summed E-state index contributed by atoms with van der Waals surface area (Å²) in [6, 6.07) is 0. The Balaban J connectivity index is 1.56. The predicted molar refractivity (Wildman–Crippen MR) is 95.8 cm³/mol. The molecule has 0 amide bonds. The van der Waals surface area contributed by atoms with Crippen molar-refractivity contribution in [2.75, 3.05) is 0 Å². The molecule has 0 aliphatic heterocycles. The van der Waals surface area contributed by atoms with Crippen molar-refractivity contribution in [3.8, 4) is 12.3 Å². The van der Waals surface area contributed by atoms with Crippen molar-refractivity contribution in [3.63, 3.8) is 0 Å². The van der Waals surface area contributed by atoms with Crippen LogP contribution in [-0.2, 0) is 4.79 Å². The van der Waals surface area contributed by atoms with Crippen molar-refractivity contribution in [1.82, 2.24) is 0 Å². The lowest BCUT2D eigenvalue weighted by Gasteiger charge is -2.57. The number of hydrogen-bond donors (Lipinski definition) is 0. The van der Waals surface area contributed by atoms with Crippen molar-refractivity contribution in [1.29, 1.82) is 0 Å². The van der Waals surface area contributed by atoms with Gasteiger partial charge in [0, 0.05) is 12.3 Å². The topological polar surface area (TPSA) is 17.1 Å². The summed E-state index contributed by atoms with van der Waals surface area (Å²) in [6.07, 6.45) is 17.1. The van der Waals surface area contributed by atoms with Gasteiger partial charge < -0.3 is 0 Å². The molecule has 5 aliphatic carbocycles. The third-order valence-corrected chi connectivity index (χ3v) is 8.67. The smallest absolute Gasteiger partial charge is 0.155 e. The first-order chi connectivity index (χ1) is 11.6. The van der Waals surface area contributed by atoms with E-state index in [1.807, 2.05) is 6.08 Å². The Morgan fingerprint density at radius 1 is 1.33 bits per heavy atom. The van der Waals surface area contributed by atoms with Crippen molar-refractivity contribution < 1.29 is 4.79 Å². The number of carbonyl (C=O) groups excluding carboxylic acids is 1. The largest absolute Gasteiger partial charge is 0.295 e. The fourth-order valence-corrected chi connectivity index (χ4v) is 7.79.